The van der Waals surface area contributed by atoms with E-state index in [1.54, 1.807) is 36.7 Å². The van der Waals surface area contributed by atoms with Crippen LogP contribution in [0.4, 0.5) is 0 Å². The van der Waals surface area contributed by atoms with E-state index in [2.05, 4.69) is 10.3 Å². The summed E-state index contributed by atoms with van der Waals surface area (Å²) < 4.78 is 6.34. The number of hydrogen-bond donors (Lipinski definition) is 2. The van der Waals surface area contributed by atoms with Crippen molar-refractivity contribution in [3.63, 3.8) is 0 Å². The molecule has 1 aliphatic heterocycles. The summed E-state index contributed by atoms with van der Waals surface area (Å²) in [5.74, 6) is 0.297. The summed E-state index contributed by atoms with van der Waals surface area (Å²) in [6.45, 7) is 0. The Kier molecular flexibility index (Phi) is 3.99. The number of thiocarbonyl (C=S) groups is 1. The predicted molar refractivity (Wildman–Crippen MR) is 102 cm³/mol. The number of rotatable bonds is 2. The van der Waals surface area contributed by atoms with Gasteiger partial charge in [-0.25, -0.2) is 0 Å². The quantitative estimate of drug-likeness (QED) is 0.502. The zero-order valence-electron chi connectivity index (χ0n) is 12.4. The van der Waals surface area contributed by atoms with Gasteiger partial charge in [0.25, 0.3) is 5.91 Å². The fraction of sp³-hybridized carbons (Fsp3) is 0. The van der Waals surface area contributed by atoms with Crippen LogP contribution in [0.1, 0.15) is 5.76 Å². The fourth-order valence-electron chi connectivity index (χ4n) is 2.48. The van der Waals surface area contributed by atoms with Crippen molar-refractivity contribution in [2.45, 2.75) is 0 Å². The van der Waals surface area contributed by atoms with Gasteiger partial charge in [0.05, 0.1) is 9.93 Å². The van der Waals surface area contributed by atoms with Crippen LogP contribution >= 0.6 is 35.6 Å². The average molecular weight is 389 g/mol. The topological polar surface area (TPSA) is 75.4 Å². The molecule has 0 spiro atoms. The summed E-state index contributed by atoms with van der Waals surface area (Å²) in [5.41, 5.74) is 2.13. The number of pyridine rings is 1. The van der Waals surface area contributed by atoms with Gasteiger partial charge in [0.1, 0.15) is 21.4 Å². The average Bonchev–Trinajstić information content (AvgIpc) is 3.12. The van der Waals surface area contributed by atoms with Crippen LogP contribution < -0.4 is 5.32 Å². The Hall–Kier alpha value is -2.35. The number of benzene rings is 1. The van der Waals surface area contributed by atoms with Crippen LogP contribution in [0.15, 0.2) is 46.0 Å². The Balaban J connectivity index is 1.81. The predicted octanol–water partition coefficient (Wildman–Crippen LogP) is 4.34. The molecule has 124 valence electrons. The number of thioether (sulfide) groups is 1. The fourth-order valence-corrected chi connectivity index (χ4v) is 3.69. The normalized spacial score (nSPS) is 16.0. The van der Waals surface area contributed by atoms with Crippen LogP contribution in [0, 0.1) is 0 Å². The molecule has 0 radical (unpaired) electrons. The van der Waals surface area contributed by atoms with Crippen LogP contribution in [0.3, 0.4) is 0 Å². The van der Waals surface area contributed by atoms with E-state index >= 15 is 0 Å². The first-order valence-corrected chi connectivity index (χ1v) is 8.73. The minimum absolute atomic E-state index is 0.00987. The van der Waals surface area contributed by atoms with E-state index in [4.69, 9.17) is 28.2 Å². The molecule has 4 rings (SSSR count). The highest BCUT2D eigenvalue weighted by molar-refractivity contribution is 8.26. The number of amides is 1. The van der Waals surface area contributed by atoms with Gasteiger partial charge >= 0.3 is 0 Å². The van der Waals surface area contributed by atoms with Crippen LogP contribution in [0.25, 0.3) is 28.2 Å². The van der Waals surface area contributed by atoms with E-state index in [0.29, 0.717) is 20.6 Å². The van der Waals surface area contributed by atoms with Gasteiger partial charge < -0.3 is 14.8 Å². The molecular weight excluding hydrogens is 380 g/mol. The molecule has 2 aromatic heterocycles. The minimum atomic E-state index is -0.237. The lowest BCUT2D eigenvalue weighted by molar-refractivity contribution is -0.115. The number of hydrogen-bond acceptors (Lipinski definition) is 6. The highest BCUT2D eigenvalue weighted by atomic mass is 35.5. The second-order valence-electron chi connectivity index (χ2n) is 5.27. The lowest BCUT2D eigenvalue weighted by Gasteiger charge is -2.04. The van der Waals surface area contributed by atoms with E-state index in [1.807, 2.05) is 0 Å². The summed E-state index contributed by atoms with van der Waals surface area (Å²) in [4.78, 5) is 16.5. The van der Waals surface area contributed by atoms with Crippen molar-refractivity contribution >= 4 is 62.9 Å². The molecule has 25 heavy (non-hydrogen) atoms. The molecule has 1 fully saturated rings. The van der Waals surface area contributed by atoms with Crippen LogP contribution in [0.5, 0.6) is 5.75 Å². The third-order valence-corrected chi connectivity index (χ3v) is 5.08. The molecule has 0 aliphatic carbocycles. The molecular formula is C17H9ClN2O3S2. The molecule has 0 bridgehead atoms. The van der Waals surface area contributed by atoms with Gasteiger partial charge in [-0.3, -0.25) is 9.78 Å². The Labute approximate surface area is 156 Å². The molecule has 1 saturated heterocycles. The van der Waals surface area contributed by atoms with Crippen molar-refractivity contribution in [3.8, 4) is 16.9 Å². The highest BCUT2D eigenvalue weighted by Crippen LogP contribution is 2.35. The van der Waals surface area contributed by atoms with E-state index in [9.17, 15) is 9.90 Å². The number of furan rings is 1. The second-order valence-corrected chi connectivity index (χ2v) is 7.40. The molecule has 3 aromatic rings. The Bertz CT molecular complexity index is 1070. The van der Waals surface area contributed by atoms with Gasteiger partial charge in [-0.1, -0.05) is 41.6 Å². The number of nitrogens with one attached hydrogen (secondary N) is 1. The number of halogens is 1. The third kappa shape index (κ3) is 3.02. The maximum Gasteiger partial charge on any atom is 0.263 e. The Morgan fingerprint density at radius 1 is 1.32 bits per heavy atom. The van der Waals surface area contributed by atoms with Gasteiger partial charge in [0, 0.05) is 29.4 Å². The summed E-state index contributed by atoms with van der Waals surface area (Å²) >= 11 is 12.2. The van der Waals surface area contributed by atoms with Crippen LogP contribution in [-0.2, 0) is 4.79 Å². The molecule has 2 N–H and O–H groups in total. The first-order valence-electron chi connectivity index (χ1n) is 7.12. The molecule has 1 amide bonds. The van der Waals surface area contributed by atoms with E-state index in [-0.39, 0.29) is 16.7 Å². The number of carbonyl (C=O) groups is 1. The zero-order chi connectivity index (χ0) is 17.6. The molecule has 0 saturated carbocycles. The summed E-state index contributed by atoms with van der Waals surface area (Å²) in [6.07, 6.45) is 4.99. The third-order valence-electron chi connectivity index (χ3n) is 3.62. The highest BCUT2D eigenvalue weighted by Gasteiger charge is 2.23. The molecule has 3 heterocycles. The van der Waals surface area contributed by atoms with Crippen molar-refractivity contribution in [3.05, 3.63) is 52.3 Å². The van der Waals surface area contributed by atoms with Gasteiger partial charge in [-0.2, -0.15) is 0 Å². The maximum absolute atomic E-state index is 11.8. The number of phenolic OH excluding ortho intramolecular Hbond substituents is 1. The monoisotopic (exact) mass is 388 g/mol. The number of fused-ring (bicyclic) bond motifs is 1. The van der Waals surface area contributed by atoms with Crippen molar-refractivity contribution in [1.82, 2.24) is 10.3 Å². The molecule has 8 heteroatoms. The van der Waals surface area contributed by atoms with Gasteiger partial charge in [0.15, 0.2) is 0 Å². The maximum atomic E-state index is 11.8. The standard InChI is InChI=1S/C17H9ClN2O3S2/c18-12-4-8(1-2-13(12)21)11-7-19-6-9-3-10(23-15(9)11)5-14-16(22)20-17(24)25-14/h1-7,21H,(H,20,22,24). The van der Waals surface area contributed by atoms with Gasteiger partial charge in [0.2, 0.25) is 0 Å². The van der Waals surface area contributed by atoms with Gasteiger partial charge in [-0.15, -0.1) is 0 Å². The lowest BCUT2D eigenvalue weighted by atomic mass is 10.1. The smallest absolute Gasteiger partial charge is 0.263 e. The Morgan fingerprint density at radius 2 is 2.16 bits per heavy atom. The zero-order valence-corrected chi connectivity index (χ0v) is 14.8. The van der Waals surface area contributed by atoms with Crippen molar-refractivity contribution in [2.75, 3.05) is 0 Å². The number of nitrogens with zero attached hydrogens (tertiary/aromatic N) is 1. The number of carbonyl (C=O) groups excluding carboxylic acids is 1. The van der Waals surface area contributed by atoms with Crippen molar-refractivity contribution in [2.24, 2.45) is 0 Å². The minimum Gasteiger partial charge on any atom is -0.506 e. The largest absolute Gasteiger partial charge is 0.506 e. The summed E-state index contributed by atoms with van der Waals surface area (Å²) in [7, 11) is 0. The molecule has 1 aliphatic rings. The lowest BCUT2D eigenvalue weighted by Crippen LogP contribution is -2.17. The van der Waals surface area contributed by atoms with E-state index in [1.165, 1.54) is 17.8 Å². The first-order chi connectivity index (χ1) is 12.0. The summed E-state index contributed by atoms with van der Waals surface area (Å²) in [6, 6.07) is 6.70. The Morgan fingerprint density at radius 3 is 2.88 bits per heavy atom. The first kappa shape index (κ1) is 16.1. The molecule has 1 aromatic carbocycles. The van der Waals surface area contributed by atoms with Crippen LogP contribution in [0.2, 0.25) is 5.02 Å². The van der Waals surface area contributed by atoms with E-state index in [0.717, 1.165) is 16.5 Å². The second kappa shape index (κ2) is 6.18. The van der Waals surface area contributed by atoms with Crippen molar-refractivity contribution in [1.29, 1.82) is 0 Å². The number of aromatic hydroxyl groups is 1. The molecule has 0 unspecified atom stereocenters. The SMILES string of the molecule is O=C1NC(=S)SC1=Cc1cc2cncc(-c3ccc(O)c(Cl)c3)c2o1. The molecule has 0 atom stereocenters. The van der Waals surface area contributed by atoms with E-state index < -0.39 is 0 Å². The van der Waals surface area contributed by atoms with Crippen molar-refractivity contribution < 1.29 is 14.3 Å². The number of aromatic nitrogens is 1. The van der Waals surface area contributed by atoms with Crippen LogP contribution in [-0.4, -0.2) is 20.3 Å². The number of phenols is 1. The van der Waals surface area contributed by atoms with Gasteiger partial charge in [-0.05, 0) is 23.8 Å². The molecule has 5 nitrogen and oxygen atoms in total. The summed E-state index contributed by atoms with van der Waals surface area (Å²) in [5, 5.41) is 13.2.